The summed E-state index contributed by atoms with van der Waals surface area (Å²) >= 11 is 0. The zero-order valence-corrected chi connectivity index (χ0v) is 26.2. The predicted octanol–water partition coefficient (Wildman–Crippen LogP) is 12.6. The number of para-hydroxylation sites is 1. The Balaban J connectivity index is 1.16. The Kier molecular flexibility index (Phi) is 8.17. The summed E-state index contributed by atoms with van der Waals surface area (Å²) in [5.41, 5.74) is 11.6. The van der Waals surface area contributed by atoms with Crippen LogP contribution in [0.1, 0.15) is 22.3 Å². The molecule has 7 rings (SSSR count). The lowest BCUT2D eigenvalue weighted by Gasteiger charge is -2.27. The summed E-state index contributed by atoms with van der Waals surface area (Å²) in [6, 6.07) is 60.6. The van der Waals surface area contributed by atoms with Crippen molar-refractivity contribution in [3.05, 3.63) is 192 Å². The number of fused-ring (bicyclic) bond motifs is 1. The van der Waals surface area contributed by atoms with Crippen molar-refractivity contribution in [3.63, 3.8) is 0 Å². The van der Waals surface area contributed by atoms with Crippen LogP contribution >= 0.6 is 0 Å². The molecule has 46 heavy (non-hydrogen) atoms. The fourth-order valence-corrected chi connectivity index (χ4v) is 6.05. The van der Waals surface area contributed by atoms with E-state index in [-0.39, 0.29) is 0 Å². The highest BCUT2D eigenvalue weighted by Crippen LogP contribution is 2.39. The van der Waals surface area contributed by atoms with Crippen molar-refractivity contribution in [1.29, 1.82) is 0 Å². The lowest BCUT2D eigenvalue weighted by molar-refractivity contribution is 1.26. The minimum absolute atomic E-state index is 1.12. The molecule has 0 spiro atoms. The number of aryl methyl sites for hydroxylation is 2. The summed E-state index contributed by atoms with van der Waals surface area (Å²) in [6.07, 6.45) is 4.37. The highest BCUT2D eigenvalue weighted by molar-refractivity contribution is 5.98. The van der Waals surface area contributed by atoms with Gasteiger partial charge in [0, 0.05) is 33.8 Å². The van der Waals surface area contributed by atoms with Gasteiger partial charge in [0.1, 0.15) is 0 Å². The van der Waals surface area contributed by atoms with Gasteiger partial charge in [-0.25, -0.2) is 0 Å². The lowest BCUT2D eigenvalue weighted by Crippen LogP contribution is -2.10. The highest BCUT2D eigenvalue weighted by Gasteiger charge is 2.15. The predicted molar refractivity (Wildman–Crippen MR) is 198 cm³/mol. The molecule has 0 saturated carbocycles. The van der Waals surface area contributed by atoms with Crippen LogP contribution in [0.15, 0.2) is 170 Å². The molecule has 222 valence electrons. The minimum atomic E-state index is 1.12. The number of benzene rings is 7. The first-order chi connectivity index (χ1) is 22.6. The molecule has 0 aliphatic carbocycles. The van der Waals surface area contributed by atoms with E-state index in [1.54, 1.807) is 0 Å². The van der Waals surface area contributed by atoms with E-state index < -0.39 is 0 Å². The second-order valence-corrected chi connectivity index (χ2v) is 11.7. The second kappa shape index (κ2) is 13.0. The molecular weight excluding hydrogens is 556 g/mol. The van der Waals surface area contributed by atoms with Crippen molar-refractivity contribution >= 4 is 57.0 Å². The maximum Gasteiger partial charge on any atom is 0.0540 e. The molecule has 0 heterocycles. The molecule has 0 atom stereocenters. The van der Waals surface area contributed by atoms with Gasteiger partial charge < -0.3 is 9.80 Å². The Bertz CT molecular complexity index is 2060. The Morgan fingerprint density at radius 3 is 1.41 bits per heavy atom. The fourth-order valence-electron chi connectivity index (χ4n) is 6.05. The van der Waals surface area contributed by atoms with Crippen LogP contribution in [0.5, 0.6) is 0 Å². The van der Waals surface area contributed by atoms with E-state index in [4.69, 9.17) is 0 Å². The van der Waals surface area contributed by atoms with Crippen LogP contribution in [0.3, 0.4) is 0 Å². The van der Waals surface area contributed by atoms with Gasteiger partial charge in [0.2, 0.25) is 0 Å². The zero-order chi connectivity index (χ0) is 31.3. The zero-order valence-electron chi connectivity index (χ0n) is 26.2. The van der Waals surface area contributed by atoms with Crippen molar-refractivity contribution in [1.82, 2.24) is 0 Å². The molecule has 0 radical (unpaired) electrons. The normalized spacial score (nSPS) is 11.2. The first kappa shape index (κ1) is 28.9. The van der Waals surface area contributed by atoms with Crippen molar-refractivity contribution < 1.29 is 0 Å². The SMILES string of the molecule is Cc1cccc(N(c2ccc(/C=C/c3ccc(N(c4ccccc4)c4cccc5ccccc45)cc3)cc2)c2cccc(C)c2)c1. The largest absolute Gasteiger partial charge is 0.310 e. The van der Waals surface area contributed by atoms with Crippen molar-refractivity contribution in [2.75, 3.05) is 9.80 Å². The van der Waals surface area contributed by atoms with Gasteiger partial charge in [-0.1, -0.05) is 115 Å². The highest BCUT2D eigenvalue weighted by atomic mass is 15.1. The van der Waals surface area contributed by atoms with Crippen LogP contribution in [0.2, 0.25) is 0 Å². The second-order valence-electron chi connectivity index (χ2n) is 11.7. The Hall–Kier alpha value is -5.86. The molecule has 0 fully saturated rings. The van der Waals surface area contributed by atoms with E-state index in [2.05, 4.69) is 206 Å². The lowest BCUT2D eigenvalue weighted by atomic mass is 10.1. The van der Waals surface area contributed by atoms with Crippen LogP contribution in [-0.4, -0.2) is 0 Å². The summed E-state index contributed by atoms with van der Waals surface area (Å²) in [4.78, 5) is 4.66. The van der Waals surface area contributed by atoms with Crippen LogP contribution in [0, 0.1) is 13.8 Å². The van der Waals surface area contributed by atoms with Gasteiger partial charge >= 0.3 is 0 Å². The van der Waals surface area contributed by atoms with Gasteiger partial charge in [0.15, 0.2) is 0 Å². The summed E-state index contributed by atoms with van der Waals surface area (Å²) in [5.74, 6) is 0. The molecule has 2 nitrogen and oxygen atoms in total. The van der Waals surface area contributed by atoms with Crippen LogP contribution in [0.25, 0.3) is 22.9 Å². The average molecular weight is 593 g/mol. The van der Waals surface area contributed by atoms with Crippen LogP contribution < -0.4 is 9.80 Å². The van der Waals surface area contributed by atoms with Gasteiger partial charge in [0.05, 0.1) is 5.69 Å². The maximum atomic E-state index is 2.34. The molecule has 0 aliphatic heterocycles. The van der Waals surface area contributed by atoms with Gasteiger partial charge in [-0.05, 0) is 108 Å². The third-order valence-electron chi connectivity index (χ3n) is 8.31. The first-order valence-electron chi connectivity index (χ1n) is 15.8. The number of hydrogen-bond acceptors (Lipinski definition) is 2. The average Bonchev–Trinajstić information content (AvgIpc) is 3.09. The molecular formula is C44H36N2. The van der Waals surface area contributed by atoms with Crippen LogP contribution in [0.4, 0.5) is 34.1 Å². The van der Waals surface area contributed by atoms with E-state index >= 15 is 0 Å². The Morgan fingerprint density at radius 2 is 0.826 bits per heavy atom. The van der Waals surface area contributed by atoms with E-state index in [9.17, 15) is 0 Å². The number of anilines is 6. The quantitative estimate of drug-likeness (QED) is 0.162. The smallest absolute Gasteiger partial charge is 0.0540 e. The standard InChI is InChI=1S/C44H36N2/c1-33-11-8-17-41(31-33)45(42-18-9-12-34(2)32-42)39-27-23-35(24-28-39)21-22-36-25-29-40(30-26-36)46(38-15-4-3-5-16-38)44-20-10-14-37-13-6-7-19-43(37)44/h3-32H,1-2H3/b22-21+. The topological polar surface area (TPSA) is 6.48 Å². The molecule has 0 bridgehead atoms. The molecule has 0 unspecified atom stereocenters. The van der Waals surface area contributed by atoms with Crippen molar-refractivity contribution in [2.24, 2.45) is 0 Å². The molecule has 7 aromatic rings. The number of hydrogen-bond donors (Lipinski definition) is 0. The minimum Gasteiger partial charge on any atom is -0.310 e. The van der Waals surface area contributed by atoms with Crippen molar-refractivity contribution in [2.45, 2.75) is 13.8 Å². The van der Waals surface area contributed by atoms with E-state index in [0.717, 1.165) is 45.3 Å². The van der Waals surface area contributed by atoms with Gasteiger partial charge in [0.25, 0.3) is 0 Å². The van der Waals surface area contributed by atoms with Crippen LogP contribution in [-0.2, 0) is 0 Å². The third-order valence-corrected chi connectivity index (χ3v) is 8.31. The van der Waals surface area contributed by atoms with E-state index in [0.29, 0.717) is 0 Å². The summed E-state index contributed by atoms with van der Waals surface area (Å²) in [6.45, 7) is 4.28. The monoisotopic (exact) mass is 592 g/mol. The molecule has 0 aromatic heterocycles. The van der Waals surface area contributed by atoms with Gasteiger partial charge in [-0.3, -0.25) is 0 Å². The third kappa shape index (κ3) is 6.20. The first-order valence-corrected chi connectivity index (χ1v) is 15.8. The summed E-state index contributed by atoms with van der Waals surface area (Å²) in [5, 5.41) is 2.46. The number of nitrogens with zero attached hydrogens (tertiary/aromatic N) is 2. The molecule has 0 aliphatic rings. The van der Waals surface area contributed by atoms with E-state index in [1.807, 2.05) is 0 Å². The molecule has 0 amide bonds. The maximum absolute atomic E-state index is 2.34. The summed E-state index contributed by atoms with van der Waals surface area (Å²) in [7, 11) is 0. The molecule has 0 saturated heterocycles. The molecule has 0 N–H and O–H groups in total. The number of rotatable bonds is 8. The summed E-state index contributed by atoms with van der Waals surface area (Å²) < 4.78 is 0. The Labute approximate surface area is 272 Å². The molecule has 2 heteroatoms. The van der Waals surface area contributed by atoms with Gasteiger partial charge in [-0.15, -0.1) is 0 Å². The van der Waals surface area contributed by atoms with Crippen molar-refractivity contribution in [3.8, 4) is 0 Å². The Morgan fingerprint density at radius 1 is 0.370 bits per heavy atom. The van der Waals surface area contributed by atoms with Gasteiger partial charge in [-0.2, -0.15) is 0 Å². The van der Waals surface area contributed by atoms with E-state index in [1.165, 1.54) is 21.9 Å². The fraction of sp³-hybridized carbons (Fsp3) is 0.0455. The molecule has 7 aromatic carbocycles.